The number of methoxy groups -OCH3 is 1. The third kappa shape index (κ3) is 3.06. The van der Waals surface area contributed by atoms with Crippen LogP contribution >= 0.6 is 0 Å². The predicted molar refractivity (Wildman–Crippen MR) is 97.4 cm³/mol. The fourth-order valence-electron chi connectivity index (χ4n) is 3.50. The minimum atomic E-state index is 0.0465. The highest BCUT2D eigenvalue weighted by molar-refractivity contribution is 5.95. The molecular formula is C20H20N4O2. The van der Waals surface area contributed by atoms with Gasteiger partial charge in [-0.25, -0.2) is 0 Å². The summed E-state index contributed by atoms with van der Waals surface area (Å²) in [6, 6.07) is 15.6. The van der Waals surface area contributed by atoms with Crippen LogP contribution in [-0.4, -0.2) is 39.2 Å². The van der Waals surface area contributed by atoms with Gasteiger partial charge in [-0.05, 0) is 48.7 Å². The molecule has 4 rings (SSSR count). The van der Waals surface area contributed by atoms with Crippen LogP contribution in [0.5, 0.6) is 5.75 Å². The zero-order valence-corrected chi connectivity index (χ0v) is 14.6. The van der Waals surface area contributed by atoms with Crippen molar-refractivity contribution in [3.63, 3.8) is 0 Å². The van der Waals surface area contributed by atoms with Gasteiger partial charge in [0.2, 0.25) is 0 Å². The van der Waals surface area contributed by atoms with Crippen LogP contribution in [0, 0.1) is 0 Å². The molecule has 1 saturated heterocycles. The van der Waals surface area contributed by atoms with Gasteiger partial charge < -0.3 is 9.64 Å². The largest absolute Gasteiger partial charge is 0.497 e. The molecule has 3 aromatic rings. The highest BCUT2D eigenvalue weighted by Gasteiger charge is 2.30. The average molecular weight is 348 g/mol. The van der Waals surface area contributed by atoms with Gasteiger partial charge in [0.15, 0.2) is 0 Å². The van der Waals surface area contributed by atoms with Crippen molar-refractivity contribution in [1.82, 2.24) is 19.7 Å². The Kier molecular flexibility index (Phi) is 4.39. The number of hydrogen-bond donors (Lipinski definition) is 0. The molecule has 1 atom stereocenters. The molecule has 1 aromatic heterocycles. The quantitative estimate of drug-likeness (QED) is 0.726. The van der Waals surface area contributed by atoms with Crippen molar-refractivity contribution >= 4 is 5.91 Å². The van der Waals surface area contributed by atoms with Gasteiger partial charge in [0.1, 0.15) is 18.4 Å². The van der Waals surface area contributed by atoms with E-state index in [0.29, 0.717) is 5.56 Å². The second-order valence-electron chi connectivity index (χ2n) is 6.35. The summed E-state index contributed by atoms with van der Waals surface area (Å²) in [6.45, 7) is 0.761. The standard InChI is InChI=1S/C20H20N4O2/c1-26-18-8-3-5-15(12-18)19-9-4-10-24(19)20(25)16-6-2-7-17(11-16)23-13-21-22-14-23/h2-3,5-8,11-14,19H,4,9-10H2,1H3. The summed E-state index contributed by atoms with van der Waals surface area (Å²) in [6.07, 6.45) is 5.21. The van der Waals surface area contributed by atoms with Gasteiger partial charge in [0.05, 0.1) is 13.2 Å². The molecule has 6 heteroatoms. The van der Waals surface area contributed by atoms with E-state index < -0.39 is 0 Å². The van der Waals surface area contributed by atoms with Crippen LogP contribution in [0.1, 0.15) is 34.8 Å². The van der Waals surface area contributed by atoms with Crippen molar-refractivity contribution in [3.05, 3.63) is 72.3 Å². The van der Waals surface area contributed by atoms with E-state index in [0.717, 1.165) is 36.4 Å². The Labute approximate surface area is 152 Å². The lowest BCUT2D eigenvalue weighted by Crippen LogP contribution is -2.30. The number of amides is 1. The van der Waals surface area contributed by atoms with Gasteiger partial charge in [-0.2, -0.15) is 0 Å². The van der Waals surface area contributed by atoms with Crippen LogP contribution in [0.2, 0.25) is 0 Å². The summed E-state index contributed by atoms with van der Waals surface area (Å²) in [5.41, 5.74) is 2.66. The van der Waals surface area contributed by atoms with E-state index >= 15 is 0 Å². The van der Waals surface area contributed by atoms with Crippen LogP contribution in [0.3, 0.4) is 0 Å². The molecule has 1 fully saturated rings. The SMILES string of the molecule is COc1cccc(C2CCCN2C(=O)c2cccc(-n3cnnc3)c2)c1. The zero-order valence-electron chi connectivity index (χ0n) is 14.6. The van der Waals surface area contributed by atoms with Gasteiger partial charge in [0, 0.05) is 17.8 Å². The molecule has 0 N–H and O–H groups in total. The van der Waals surface area contributed by atoms with Crippen LogP contribution in [-0.2, 0) is 0 Å². The summed E-state index contributed by atoms with van der Waals surface area (Å²) in [4.78, 5) is 15.1. The van der Waals surface area contributed by atoms with Crippen molar-refractivity contribution in [3.8, 4) is 11.4 Å². The topological polar surface area (TPSA) is 60.2 Å². The first-order valence-electron chi connectivity index (χ1n) is 8.66. The van der Waals surface area contributed by atoms with E-state index in [1.807, 2.05) is 47.4 Å². The number of likely N-dealkylation sites (tertiary alicyclic amines) is 1. The molecule has 2 heterocycles. The Hall–Kier alpha value is -3.15. The van der Waals surface area contributed by atoms with E-state index in [9.17, 15) is 4.79 Å². The Morgan fingerprint density at radius 1 is 1.12 bits per heavy atom. The van der Waals surface area contributed by atoms with Crippen molar-refractivity contribution in [2.75, 3.05) is 13.7 Å². The Morgan fingerprint density at radius 2 is 1.92 bits per heavy atom. The van der Waals surface area contributed by atoms with Crippen molar-refractivity contribution in [2.24, 2.45) is 0 Å². The first-order valence-corrected chi connectivity index (χ1v) is 8.66. The fraction of sp³-hybridized carbons (Fsp3) is 0.250. The van der Waals surface area contributed by atoms with Crippen LogP contribution in [0.25, 0.3) is 5.69 Å². The first kappa shape index (κ1) is 16.3. The summed E-state index contributed by atoms with van der Waals surface area (Å²) < 4.78 is 7.13. The summed E-state index contributed by atoms with van der Waals surface area (Å²) in [7, 11) is 1.66. The van der Waals surface area contributed by atoms with Crippen molar-refractivity contribution in [1.29, 1.82) is 0 Å². The molecule has 0 spiro atoms. The second-order valence-corrected chi connectivity index (χ2v) is 6.35. The van der Waals surface area contributed by atoms with Crippen LogP contribution in [0.15, 0.2) is 61.2 Å². The number of carbonyl (C=O) groups is 1. The van der Waals surface area contributed by atoms with Gasteiger partial charge >= 0.3 is 0 Å². The van der Waals surface area contributed by atoms with E-state index in [2.05, 4.69) is 16.3 Å². The molecule has 26 heavy (non-hydrogen) atoms. The number of aromatic nitrogens is 3. The molecule has 0 bridgehead atoms. The molecule has 1 unspecified atom stereocenters. The predicted octanol–water partition coefficient (Wildman–Crippen LogP) is 3.25. The van der Waals surface area contributed by atoms with E-state index in [1.165, 1.54) is 0 Å². The Balaban J connectivity index is 1.62. The minimum Gasteiger partial charge on any atom is -0.497 e. The lowest BCUT2D eigenvalue weighted by atomic mass is 10.0. The lowest BCUT2D eigenvalue weighted by Gasteiger charge is -2.25. The minimum absolute atomic E-state index is 0.0465. The number of hydrogen-bond acceptors (Lipinski definition) is 4. The van der Waals surface area contributed by atoms with E-state index in [1.54, 1.807) is 24.3 Å². The van der Waals surface area contributed by atoms with E-state index in [-0.39, 0.29) is 11.9 Å². The maximum Gasteiger partial charge on any atom is 0.254 e. The maximum absolute atomic E-state index is 13.2. The zero-order chi connectivity index (χ0) is 17.9. The number of carbonyl (C=O) groups excluding carboxylic acids is 1. The molecule has 1 aliphatic rings. The molecule has 1 aliphatic heterocycles. The fourth-order valence-corrected chi connectivity index (χ4v) is 3.50. The molecule has 1 amide bonds. The third-order valence-electron chi connectivity index (χ3n) is 4.80. The number of ether oxygens (including phenoxy) is 1. The molecule has 0 aliphatic carbocycles. The van der Waals surface area contributed by atoms with E-state index in [4.69, 9.17) is 4.74 Å². The smallest absolute Gasteiger partial charge is 0.254 e. The second kappa shape index (κ2) is 7.00. The van der Waals surface area contributed by atoms with Gasteiger partial charge in [-0.15, -0.1) is 10.2 Å². The molecule has 0 radical (unpaired) electrons. The number of nitrogens with zero attached hydrogens (tertiary/aromatic N) is 4. The van der Waals surface area contributed by atoms with Crippen molar-refractivity contribution in [2.45, 2.75) is 18.9 Å². The van der Waals surface area contributed by atoms with Gasteiger partial charge in [0.25, 0.3) is 5.91 Å². The van der Waals surface area contributed by atoms with Gasteiger partial charge in [-0.3, -0.25) is 9.36 Å². The van der Waals surface area contributed by atoms with Crippen LogP contribution in [0.4, 0.5) is 0 Å². The average Bonchev–Trinajstić information content (AvgIpc) is 3.39. The third-order valence-corrected chi connectivity index (χ3v) is 4.80. The summed E-state index contributed by atoms with van der Waals surface area (Å²) in [5.74, 6) is 0.863. The lowest BCUT2D eigenvalue weighted by molar-refractivity contribution is 0.0735. The normalized spacial score (nSPS) is 16.7. The summed E-state index contributed by atoms with van der Waals surface area (Å²) in [5, 5.41) is 7.65. The van der Waals surface area contributed by atoms with Gasteiger partial charge in [-0.1, -0.05) is 18.2 Å². The first-order chi connectivity index (χ1) is 12.8. The Morgan fingerprint density at radius 3 is 2.73 bits per heavy atom. The molecule has 0 saturated carbocycles. The highest BCUT2D eigenvalue weighted by atomic mass is 16.5. The highest BCUT2D eigenvalue weighted by Crippen LogP contribution is 2.34. The number of rotatable bonds is 4. The van der Waals surface area contributed by atoms with Crippen LogP contribution < -0.4 is 4.74 Å². The number of benzene rings is 2. The molecular weight excluding hydrogens is 328 g/mol. The molecule has 6 nitrogen and oxygen atoms in total. The van der Waals surface area contributed by atoms with Crippen molar-refractivity contribution < 1.29 is 9.53 Å². The Bertz CT molecular complexity index is 908. The maximum atomic E-state index is 13.2. The molecule has 132 valence electrons. The summed E-state index contributed by atoms with van der Waals surface area (Å²) >= 11 is 0. The monoisotopic (exact) mass is 348 g/mol. The molecule has 2 aromatic carbocycles.